The van der Waals surface area contributed by atoms with E-state index in [2.05, 4.69) is 59.4 Å². The Bertz CT molecular complexity index is 386. The third-order valence-corrected chi connectivity index (χ3v) is 4.23. The monoisotopic (exact) mass is 311 g/mol. The maximum atomic E-state index is 5.54. The van der Waals surface area contributed by atoms with Crippen molar-refractivity contribution in [2.45, 2.75) is 38.1 Å². The summed E-state index contributed by atoms with van der Waals surface area (Å²) in [5, 5.41) is 3.60. The van der Waals surface area contributed by atoms with Gasteiger partial charge in [0.2, 0.25) is 0 Å². The molecule has 2 nitrogen and oxygen atoms in total. The Balaban J connectivity index is 2.23. The highest BCUT2D eigenvalue weighted by atomic mass is 79.9. The van der Waals surface area contributed by atoms with E-state index in [0.29, 0.717) is 6.04 Å². The molecule has 1 aromatic carbocycles. The number of nitrogens with one attached hydrogen (secondary N) is 1. The van der Waals surface area contributed by atoms with E-state index >= 15 is 0 Å². The molecule has 0 radical (unpaired) electrons. The first-order valence-electron chi connectivity index (χ1n) is 6.70. The third-order valence-electron chi connectivity index (χ3n) is 3.74. The molecule has 0 unspecified atom stereocenters. The van der Waals surface area contributed by atoms with Crippen molar-refractivity contribution in [3.8, 4) is 0 Å². The van der Waals surface area contributed by atoms with Crippen molar-refractivity contribution in [1.82, 2.24) is 5.32 Å². The standard InChI is InChI=1S/C15H22BrNO/c1-12(2)17-11-15(6-8-18-9-7-15)13-4-3-5-14(16)10-13/h3-5,10,12,17H,6-9,11H2,1-2H3. The quantitative estimate of drug-likeness (QED) is 0.919. The van der Waals surface area contributed by atoms with E-state index in [9.17, 15) is 0 Å². The SMILES string of the molecule is CC(C)NCC1(c2cccc(Br)c2)CCOCC1. The van der Waals surface area contributed by atoms with Crippen LogP contribution in [0.25, 0.3) is 0 Å². The molecule has 0 aromatic heterocycles. The number of halogens is 1. The van der Waals surface area contributed by atoms with Gasteiger partial charge < -0.3 is 10.1 Å². The first-order valence-corrected chi connectivity index (χ1v) is 7.49. The molecule has 3 heteroatoms. The summed E-state index contributed by atoms with van der Waals surface area (Å²) in [6.45, 7) is 7.17. The van der Waals surface area contributed by atoms with E-state index in [4.69, 9.17) is 4.74 Å². The van der Waals surface area contributed by atoms with Crippen molar-refractivity contribution in [3.05, 3.63) is 34.3 Å². The Labute approximate surface area is 118 Å². The van der Waals surface area contributed by atoms with Crippen molar-refractivity contribution in [1.29, 1.82) is 0 Å². The molecule has 0 aliphatic carbocycles. The van der Waals surface area contributed by atoms with Crippen LogP contribution in [-0.2, 0) is 10.2 Å². The zero-order valence-corrected chi connectivity index (χ0v) is 12.8. The molecule has 1 saturated heterocycles. The summed E-state index contributed by atoms with van der Waals surface area (Å²) in [6.07, 6.45) is 2.20. The van der Waals surface area contributed by atoms with Crippen molar-refractivity contribution < 1.29 is 4.74 Å². The predicted molar refractivity (Wildman–Crippen MR) is 79.0 cm³/mol. The molecular formula is C15H22BrNO. The molecular weight excluding hydrogens is 290 g/mol. The topological polar surface area (TPSA) is 21.3 Å². The molecule has 100 valence electrons. The Hall–Kier alpha value is -0.380. The van der Waals surface area contributed by atoms with Gasteiger partial charge in [0.25, 0.3) is 0 Å². The average molecular weight is 312 g/mol. The lowest BCUT2D eigenvalue weighted by Gasteiger charge is -2.38. The highest BCUT2D eigenvalue weighted by Gasteiger charge is 2.34. The molecule has 0 amide bonds. The molecule has 18 heavy (non-hydrogen) atoms. The van der Waals surface area contributed by atoms with Crippen molar-refractivity contribution in [3.63, 3.8) is 0 Å². The first-order chi connectivity index (χ1) is 8.62. The molecule has 0 bridgehead atoms. The largest absolute Gasteiger partial charge is 0.381 e. The zero-order chi connectivity index (χ0) is 13.0. The number of hydrogen-bond donors (Lipinski definition) is 1. The minimum atomic E-state index is 0.228. The van der Waals surface area contributed by atoms with Crippen LogP contribution in [0.1, 0.15) is 32.3 Å². The summed E-state index contributed by atoms with van der Waals surface area (Å²) < 4.78 is 6.71. The molecule has 0 atom stereocenters. The van der Waals surface area contributed by atoms with Gasteiger partial charge in [0, 0.05) is 35.7 Å². The summed E-state index contributed by atoms with van der Waals surface area (Å²) in [4.78, 5) is 0. The molecule has 0 spiro atoms. The van der Waals surface area contributed by atoms with Gasteiger partial charge in [-0.25, -0.2) is 0 Å². The van der Waals surface area contributed by atoms with Gasteiger partial charge in [-0.3, -0.25) is 0 Å². The van der Waals surface area contributed by atoms with Gasteiger partial charge in [-0.15, -0.1) is 0 Å². The van der Waals surface area contributed by atoms with Gasteiger partial charge in [0.15, 0.2) is 0 Å². The summed E-state index contributed by atoms with van der Waals surface area (Å²) in [7, 11) is 0. The zero-order valence-electron chi connectivity index (χ0n) is 11.2. The van der Waals surface area contributed by atoms with E-state index < -0.39 is 0 Å². The van der Waals surface area contributed by atoms with E-state index in [-0.39, 0.29) is 5.41 Å². The van der Waals surface area contributed by atoms with Crippen LogP contribution in [0, 0.1) is 0 Å². The van der Waals surface area contributed by atoms with Crippen LogP contribution in [0.15, 0.2) is 28.7 Å². The average Bonchev–Trinajstić information content (AvgIpc) is 2.37. The van der Waals surface area contributed by atoms with E-state index in [1.807, 2.05) is 0 Å². The van der Waals surface area contributed by atoms with E-state index in [0.717, 1.165) is 37.1 Å². The predicted octanol–water partition coefficient (Wildman–Crippen LogP) is 3.50. The fraction of sp³-hybridized carbons (Fsp3) is 0.600. The summed E-state index contributed by atoms with van der Waals surface area (Å²) in [5.74, 6) is 0. The van der Waals surface area contributed by atoms with Crippen LogP contribution in [0.4, 0.5) is 0 Å². The Morgan fingerprint density at radius 3 is 2.67 bits per heavy atom. The van der Waals surface area contributed by atoms with E-state index in [1.165, 1.54) is 5.56 Å². The van der Waals surface area contributed by atoms with Gasteiger partial charge in [-0.1, -0.05) is 41.9 Å². The number of rotatable bonds is 4. The summed E-state index contributed by atoms with van der Waals surface area (Å²) in [6, 6.07) is 9.25. The molecule has 1 aliphatic rings. The molecule has 1 aromatic rings. The van der Waals surface area contributed by atoms with Crippen LogP contribution in [-0.4, -0.2) is 25.8 Å². The summed E-state index contributed by atoms with van der Waals surface area (Å²) in [5.41, 5.74) is 1.65. The fourth-order valence-electron chi connectivity index (χ4n) is 2.55. The second-order valence-electron chi connectivity index (χ2n) is 5.44. The maximum absolute atomic E-state index is 5.54. The Morgan fingerprint density at radius 1 is 1.33 bits per heavy atom. The van der Waals surface area contributed by atoms with Crippen LogP contribution >= 0.6 is 15.9 Å². The van der Waals surface area contributed by atoms with E-state index in [1.54, 1.807) is 0 Å². The minimum absolute atomic E-state index is 0.228. The Morgan fingerprint density at radius 2 is 2.06 bits per heavy atom. The lowest BCUT2D eigenvalue weighted by molar-refractivity contribution is 0.0492. The normalized spacial score (nSPS) is 19.1. The lowest BCUT2D eigenvalue weighted by Crippen LogP contribution is -2.44. The summed E-state index contributed by atoms with van der Waals surface area (Å²) >= 11 is 3.58. The van der Waals surface area contributed by atoms with Gasteiger partial charge in [-0.2, -0.15) is 0 Å². The van der Waals surface area contributed by atoms with Crippen LogP contribution in [0.2, 0.25) is 0 Å². The van der Waals surface area contributed by atoms with Crippen molar-refractivity contribution in [2.75, 3.05) is 19.8 Å². The highest BCUT2D eigenvalue weighted by Crippen LogP contribution is 2.35. The highest BCUT2D eigenvalue weighted by molar-refractivity contribution is 9.10. The van der Waals surface area contributed by atoms with Crippen LogP contribution in [0.3, 0.4) is 0 Å². The van der Waals surface area contributed by atoms with Gasteiger partial charge >= 0.3 is 0 Å². The van der Waals surface area contributed by atoms with Crippen molar-refractivity contribution >= 4 is 15.9 Å². The molecule has 1 heterocycles. The second kappa shape index (κ2) is 6.18. The molecule has 1 fully saturated rings. The lowest BCUT2D eigenvalue weighted by atomic mass is 9.74. The Kier molecular flexibility index (Phi) is 4.82. The number of hydrogen-bond acceptors (Lipinski definition) is 2. The maximum Gasteiger partial charge on any atom is 0.0475 e. The second-order valence-corrected chi connectivity index (χ2v) is 6.35. The molecule has 1 aliphatic heterocycles. The minimum Gasteiger partial charge on any atom is -0.381 e. The van der Waals surface area contributed by atoms with Crippen molar-refractivity contribution in [2.24, 2.45) is 0 Å². The number of ether oxygens (including phenoxy) is 1. The third kappa shape index (κ3) is 3.34. The van der Waals surface area contributed by atoms with Crippen LogP contribution < -0.4 is 5.32 Å². The smallest absolute Gasteiger partial charge is 0.0475 e. The molecule has 1 N–H and O–H groups in total. The van der Waals surface area contributed by atoms with Gasteiger partial charge in [-0.05, 0) is 30.5 Å². The number of benzene rings is 1. The molecule has 2 rings (SSSR count). The fourth-order valence-corrected chi connectivity index (χ4v) is 2.95. The van der Waals surface area contributed by atoms with Crippen LogP contribution in [0.5, 0.6) is 0 Å². The van der Waals surface area contributed by atoms with Gasteiger partial charge in [0.05, 0.1) is 0 Å². The van der Waals surface area contributed by atoms with Gasteiger partial charge in [0.1, 0.15) is 0 Å². The molecule has 0 saturated carbocycles. The first kappa shape index (κ1) is 14.0.